The van der Waals surface area contributed by atoms with Gasteiger partial charge in [-0.3, -0.25) is 14.6 Å². The van der Waals surface area contributed by atoms with Gasteiger partial charge in [-0.15, -0.1) is 0 Å². The fourth-order valence-electron chi connectivity index (χ4n) is 2.26. The molecule has 0 saturated carbocycles. The molecule has 132 valence electrons. The lowest BCUT2D eigenvalue weighted by molar-refractivity contribution is -0.134. The summed E-state index contributed by atoms with van der Waals surface area (Å²) < 4.78 is 0. The van der Waals surface area contributed by atoms with E-state index in [-0.39, 0.29) is 18.4 Å². The lowest BCUT2D eigenvalue weighted by atomic mass is 10.1. The predicted octanol–water partition coefficient (Wildman–Crippen LogP) is 3.10. The lowest BCUT2D eigenvalue weighted by Crippen LogP contribution is -2.40. The van der Waals surface area contributed by atoms with Gasteiger partial charge in [-0.25, -0.2) is 0 Å². The molecule has 0 aliphatic carbocycles. The molecule has 7 heteroatoms. The van der Waals surface area contributed by atoms with E-state index in [0.29, 0.717) is 29.6 Å². The Morgan fingerprint density at radius 3 is 2.64 bits per heavy atom. The van der Waals surface area contributed by atoms with E-state index < -0.39 is 0 Å². The van der Waals surface area contributed by atoms with Crippen molar-refractivity contribution in [2.24, 2.45) is 0 Å². The van der Waals surface area contributed by atoms with Crippen molar-refractivity contribution in [3.8, 4) is 0 Å². The number of carbonyl (C=O) groups excluding carboxylic acids is 2. The second-order valence-electron chi connectivity index (χ2n) is 5.53. The van der Waals surface area contributed by atoms with Gasteiger partial charge < -0.3 is 10.2 Å². The van der Waals surface area contributed by atoms with E-state index in [4.69, 9.17) is 23.2 Å². The summed E-state index contributed by atoms with van der Waals surface area (Å²) in [5.74, 6) is -0.405. The second-order valence-corrected chi connectivity index (χ2v) is 6.38. The van der Waals surface area contributed by atoms with Crippen molar-refractivity contribution in [3.63, 3.8) is 0 Å². The van der Waals surface area contributed by atoms with Crippen molar-refractivity contribution in [2.45, 2.75) is 19.9 Å². The number of aromatic nitrogens is 1. The first-order valence-electron chi connectivity index (χ1n) is 7.82. The molecule has 0 spiro atoms. The smallest absolute Gasteiger partial charge is 0.239 e. The number of pyridine rings is 1. The third-order valence-corrected chi connectivity index (χ3v) is 4.18. The van der Waals surface area contributed by atoms with Gasteiger partial charge in [0.15, 0.2) is 0 Å². The van der Waals surface area contributed by atoms with Gasteiger partial charge in [0.2, 0.25) is 11.8 Å². The zero-order valence-electron chi connectivity index (χ0n) is 13.8. The average Bonchev–Trinajstić information content (AvgIpc) is 2.57. The molecule has 0 aliphatic heterocycles. The minimum atomic E-state index is -0.226. The van der Waals surface area contributed by atoms with Crippen LogP contribution in [0.15, 0.2) is 42.6 Å². The Balaban J connectivity index is 1.83. The molecule has 0 atom stereocenters. The van der Waals surface area contributed by atoms with Crippen LogP contribution in [-0.4, -0.2) is 34.8 Å². The first-order chi connectivity index (χ1) is 12.0. The van der Waals surface area contributed by atoms with Crippen molar-refractivity contribution >= 4 is 35.0 Å². The van der Waals surface area contributed by atoms with Crippen molar-refractivity contribution in [1.82, 2.24) is 15.2 Å². The molecule has 1 aromatic heterocycles. The van der Waals surface area contributed by atoms with Gasteiger partial charge in [-0.05, 0) is 36.2 Å². The zero-order valence-corrected chi connectivity index (χ0v) is 15.3. The van der Waals surface area contributed by atoms with E-state index in [2.05, 4.69) is 10.3 Å². The van der Waals surface area contributed by atoms with Crippen LogP contribution in [0, 0.1) is 0 Å². The molecule has 1 heterocycles. The summed E-state index contributed by atoms with van der Waals surface area (Å²) in [5.41, 5.74) is 1.64. The highest BCUT2D eigenvalue weighted by molar-refractivity contribution is 6.35. The molecular weight excluding hydrogens is 361 g/mol. The molecule has 0 fully saturated rings. The largest absolute Gasteiger partial charge is 0.354 e. The van der Waals surface area contributed by atoms with Crippen LogP contribution in [0.5, 0.6) is 0 Å². The minimum Gasteiger partial charge on any atom is -0.354 e. The number of carbonyl (C=O) groups is 2. The lowest BCUT2D eigenvalue weighted by Gasteiger charge is -2.20. The summed E-state index contributed by atoms with van der Waals surface area (Å²) in [6.45, 7) is 2.14. The van der Waals surface area contributed by atoms with Gasteiger partial charge in [0.05, 0.1) is 18.8 Å². The van der Waals surface area contributed by atoms with E-state index in [1.165, 1.54) is 11.8 Å². The first-order valence-corrected chi connectivity index (χ1v) is 8.57. The van der Waals surface area contributed by atoms with Gasteiger partial charge in [0.25, 0.3) is 0 Å². The summed E-state index contributed by atoms with van der Waals surface area (Å²) >= 11 is 12.0. The highest BCUT2D eigenvalue weighted by Crippen LogP contribution is 2.21. The van der Waals surface area contributed by atoms with E-state index in [1.807, 2.05) is 18.2 Å². The number of nitrogens with zero attached hydrogens (tertiary/aromatic N) is 2. The maximum Gasteiger partial charge on any atom is 0.239 e. The molecule has 2 amide bonds. The number of halogens is 2. The molecule has 1 N–H and O–H groups in total. The summed E-state index contributed by atoms with van der Waals surface area (Å²) in [6, 6.07) is 10.7. The zero-order chi connectivity index (χ0) is 18.2. The number of rotatable bonds is 7. The van der Waals surface area contributed by atoms with Gasteiger partial charge in [0, 0.05) is 29.7 Å². The van der Waals surface area contributed by atoms with E-state index in [1.54, 1.807) is 24.4 Å². The van der Waals surface area contributed by atoms with Crippen molar-refractivity contribution in [3.05, 3.63) is 63.9 Å². The van der Waals surface area contributed by atoms with Crippen LogP contribution < -0.4 is 5.32 Å². The van der Waals surface area contributed by atoms with Crippen LogP contribution in [0.4, 0.5) is 0 Å². The molecule has 2 rings (SSSR count). The Kier molecular flexibility index (Phi) is 7.22. The molecule has 0 aliphatic rings. The van der Waals surface area contributed by atoms with Crippen LogP contribution in [0.2, 0.25) is 10.0 Å². The van der Waals surface area contributed by atoms with Gasteiger partial charge in [-0.2, -0.15) is 0 Å². The standard InChI is InChI=1S/C18H19Cl2N3O2/c1-13(24)23(11-16-4-2-3-8-21-16)12-18(25)22-9-7-14-5-6-15(19)10-17(14)20/h2-6,8,10H,7,9,11-12H2,1H3,(H,22,25). The molecule has 2 aromatic rings. The Labute approximate surface area is 157 Å². The Bertz CT molecular complexity index is 738. The second kappa shape index (κ2) is 9.39. The molecule has 5 nitrogen and oxygen atoms in total. The van der Waals surface area contributed by atoms with Crippen LogP contribution >= 0.6 is 23.2 Å². The van der Waals surface area contributed by atoms with Crippen LogP contribution in [0.1, 0.15) is 18.2 Å². The number of benzene rings is 1. The monoisotopic (exact) mass is 379 g/mol. The Morgan fingerprint density at radius 2 is 2.00 bits per heavy atom. The molecule has 0 unspecified atom stereocenters. The van der Waals surface area contributed by atoms with Gasteiger partial charge in [-0.1, -0.05) is 35.3 Å². The fourth-order valence-corrected chi connectivity index (χ4v) is 2.76. The van der Waals surface area contributed by atoms with Crippen LogP contribution in [0.25, 0.3) is 0 Å². The Hall–Kier alpha value is -2.11. The highest BCUT2D eigenvalue weighted by atomic mass is 35.5. The molecule has 0 radical (unpaired) electrons. The molecular formula is C18H19Cl2N3O2. The van der Waals surface area contributed by atoms with E-state index in [9.17, 15) is 9.59 Å². The van der Waals surface area contributed by atoms with Crippen LogP contribution in [0.3, 0.4) is 0 Å². The number of nitrogens with one attached hydrogen (secondary N) is 1. The summed E-state index contributed by atoms with van der Waals surface area (Å²) in [7, 11) is 0. The van der Waals surface area contributed by atoms with Crippen LogP contribution in [-0.2, 0) is 22.6 Å². The fraction of sp³-hybridized carbons (Fsp3) is 0.278. The van der Waals surface area contributed by atoms with Crippen molar-refractivity contribution < 1.29 is 9.59 Å². The SMILES string of the molecule is CC(=O)N(CC(=O)NCCc1ccc(Cl)cc1Cl)Cc1ccccn1. The normalized spacial score (nSPS) is 10.4. The molecule has 0 saturated heterocycles. The van der Waals surface area contributed by atoms with Crippen molar-refractivity contribution in [1.29, 1.82) is 0 Å². The average molecular weight is 380 g/mol. The van der Waals surface area contributed by atoms with Gasteiger partial charge in [0.1, 0.15) is 0 Å². The summed E-state index contributed by atoms with van der Waals surface area (Å²) in [4.78, 5) is 29.5. The third kappa shape index (κ3) is 6.36. The van der Waals surface area contributed by atoms with Crippen molar-refractivity contribution in [2.75, 3.05) is 13.1 Å². The highest BCUT2D eigenvalue weighted by Gasteiger charge is 2.14. The predicted molar refractivity (Wildman–Crippen MR) is 98.5 cm³/mol. The summed E-state index contributed by atoms with van der Waals surface area (Å²) in [6.07, 6.45) is 2.24. The minimum absolute atomic E-state index is 0.0136. The Morgan fingerprint density at radius 1 is 1.20 bits per heavy atom. The maximum absolute atomic E-state index is 12.1. The van der Waals surface area contributed by atoms with E-state index >= 15 is 0 Å². The quantitative estimate of drug-likeness (QED) is 0.803. The molecule has 25 heavy (non-hydrogen) atoms. The van der Waals surface area contributed by atoms with Gasteiger partial charge >= 0.3 is 0 Å². The third-order valence-electron chi connectivity index (χ3n) is 3.59. The number of hydrogen-bond donors (Lipinski definition) is 1. The molecule has 0 bridgehead atoms. The first kappa shape index (κ1) is 19.2. The maximum atomic E-state index is 12.1. The number of amides is 2. The summed E-state index contributed by atoms with van der Waals surface area (Å²) in [5, 5.41) is 3.94. The van der Waals surface area contributed by atoms with E-state index in [0.717, 1.165) is 11.3 Å². The number of hydrogen-bond acceptors (Lipinski definition) is 3. The topological polar surface area (TPSA) is 62.3 Å². The molecule has 1 aromatic carbocycles.